The topological polar surface area (TPSA) is 109 Å². The van der Waals surface area contributed by atoms with E-state index in [1.54, 1.807) is 0 Å². The number of hydrogen-bond acceptors (Lipinski definition) is 7. The second-order valence-corrected chi connectivity index (χ2v) is 3.79. The zero-order valence-electron chi connectivity index (χ0n) is 11.2. The Bertz CT molecular complexity index is 696. The standard InChI is InChI=1S/C12H10F2N6O2/c1-21-10-4-8(2-3-9(10)22-12(13)14)16-6-7(5-15)11-17-19-20-18-11/h2-4,6,12,16H,1H3,(H,17,18,19,20). The second kappa shape index (κ2) is 6.98. The number of hydrogen-bond donors (Lipinski definition) is 2. The van der Waals surface area contributed by atoms with Gasteiger partial charge in [0.25, 0.3) is 0 Å². The number of aromatic amines is 1. The Kier molecular flexibility index (Phi) is 4.81. The summed E-state index contributed by atoms with van der Waals surface area (Å²) in [4.78, 5) is 0. The summed E-state index contributed by atoms with van der Waals surface area (Å²) >= 11 is 0. The molecular formula is C12H10F2N6O2. The first kappa shape index (κ1) is 15.2. The van der Waals surface area contributed by atoms with Crippen molar-refractivity contribution < 1.29 is 18.3 Å². The van der Waals surface area contributed by atoms with Crippen LogP contribution in [-0.4, -0.2) is 34.3 Å². The summed E-state index contributed by atoms with van der Waals surface area (Å²) in [6, 6.07) is 6.15. The molecule has 0 aliphatic heterocycles. The van der Waals surface area contributed by atoms with Crippen LogP contribution in [0.1, 0.15) is 5.82 Å². The first-order valence-corrected chi connectivity index (χ1v) is 5.87. The molecule has 0 bridgehead atoms. The molecule has 0 saturated heterocycles. The third-order valence-electron chi connectivity index (χ3n) is 2.47. The zero-order chi connectivity index (χ0) is 15.9. The smallest absolute Gasteiger partial charge is 0.387 e. The number of methoxy groups -OCH3 is 1. The number of allylic oxidation sites excluding steroid dienone is 1. The molecule has 2 aromatic rings. The summed E-state index contributed by atoms with van der Waals surface area (Å²) in [7, 11) is 1.33. The van der Waals surface area contributed by atoms with Gasteiger partial charge >= 0.3 is 6.61 Å². The molecule has 0 spiro atoms. The lowest BCUT2D eigenvalue weighted by atomic mass is 10.2. The van der Waals surface area contributed by atoms with Crippen LogP contribution in [0.4, 0.5) is 14.5 Å². The van der Waals surface area contributed by atoms with E-state index >= 15 is 0 Å². The van der Waals surface area contributed by atoms with E-state index in [4.69, 9.17) is 10.00 Å². The van der Waals surface area contributed by atoms with Crippen LogP contribution in [0.2, 0.25) is 0 Å². The number of halogens is 2. The van der Waals surface area contributed by atoms with Crippen molar-refractivity contribution in [3.63, 3.8) is 0 Å². The van der Waals surface area contributed by atoms with Gasteiger partial charge in [0.15, 0.2) is 11.5 Å². The largest absolute Gasteiger partial charge is 0.493 e. The molecule has 1 aromatic heterocycles. The summed E-state index contributed by atoms with van der Waals surface area (Å²) in [6.07, 6.45) is 1.35. The van der Waals surface area contributed by atoms with Crippen LogP contribution >= 0.6 is 0 Å². The van der Waals surface area contributed by atoms with Crippen molar-refractivity contribution in [3.05, 3.63) is 30.2 Å². The van der Waals surface area contributed by atoms with Gasteiger partial charge < -0.3 is 14.8 Å². The fourth-order valence-electron chi connectivity index (χ4n) is 1.53. The first-order valence-electron chi connectivity index (χ1n) is 5.87. The number of rotatable bonds is 6. The zero-order valence-corrected chi connectivity index (χ0v) is 11.2. The Morgan fingerprint density at radius 3 is 2.86 bits per heavy atom. The summed E-state index contributed by atoms with van der Waals surface area (Å²) < 4.78 is 33.7. The van der Waals surface area contributed by atoms with E-state index in [0.717, 1.165) is 0 Å². The Morgan fingerprint density at radius 2 is 2.27 bits per heavy atom. The van der Waals surface area contributed by atoms with Crippen molar-refractivity contribution >= 4 is 11.3 Å². The summed E-state index contributed by atoms with van der Waals surface area (Å²) in [5.41, 5.74) is 0.635. The fraction of sp³-hybridized carbons (Fsp3) is 0.167. The molecule has 22 heavy (non-hydrogen) atoms. The van der Waals surface area contributed by atoms with Gasteiger partial charge in [-0.25, -0.2) is 0 Å². The van der Waals surface area contributed by atoms with Crippen molar-refractivity contribution in [1.82, 2.24) is 20.6 Å². The number of anilines is 1. The van der Waals surface area contributed by atoms with Crippen molar-refractivity contribution in [3.8, 4) is 17.6 Å². The average molecular weight is 308 g/mol. The molecule has 0 saturated carbocycles. The van der Waals surface area contributed by atoms with E-state index < -0.39 is 6.61 Å². The molecular weight excluding hydrogens is 298 g/mol. The minimum atomic E-state index is -2.95. The molecule has 2 rings (SSSR count). The lowest BCUT2D eigenvalue weighted by Crippen LogP contribution is -2.03. The van der Waals surface area contributed by atoms with Crippen LogP contribution < -0.4 is 14.8 Å². The quantitative estimate of drug-likeness (QED) is 0.783. The Hall–Kier alpha value is -3.22. The van der Waals surface area contributed by atoms with Gasteiger partial charge in [-0.15, -0.1) is 10.2 Å². The molecule has 1 aromatic carbocycles. The number of benzene rings is 1. The number of nitrogens with one attached hydrogen (secondary N) is 2. The fourth-order valence-corrected chi connectivity index (χ4v) is 1.53. The van der Waals surface area contributed by atoms with Crippen molar-refractivity contribution in [2.75, 3.05) is 12.4 Å². The highest BCUT2D eigenvalue weighted by Gasteiger charge is 2.11. The third kappa shape index (κ3) is 3.66. The molecule has 0 aliphatic rings. The predicted molar refractivity (Wildman–Crippen MR) is 71.0 cm³/mol. The van der Waals surface area contributed by atoms with Gasteiger partial charge in [0.1, 0.15) is 11.6 Å². The highest BCUT2D eigenvalue weighted by Crippen LogP contribution is 2.31. The number of aromatic nitrogens is 4. The molecule has 0 unspecified atom stereocenters. The van der Waals surface area contributed by atoms with Gasteiger partial charge in [-0.05, 0) is 17.3 Å². The van der Waals surface area contributed by atoms with Gasteiger partial charge in [-0.2, -0.15) is 19.3 Å². The lowest BCUT2D eigenvalue weighted by Gasteiger charge is -2.11. The highest BCUT2D eigenvalue weighted by molar-refractivity contribution is 5.74. The minimum absolute atomic E-state index is 0.0919. The Morgan fingerprint density at radius 1 is 1.45 bits per heavy atom. The Labute approximate surface area is 123 Å². The average Bonchev–Trinajstić information content (AvgIpc) is 3.03. The van der Waals surface area contributed by atoms with E-state index in [2.05, 4.69) is 30.7 Å². The highest BCUT2D eigenvalue weighted by atomic mass is 19.3. The van der Waals surface area contributed by atoms with Crippen LogP contribution in [-0.2, 0) is 0 Å². The monoisotopic (exact) mass is 308 g/mol. The number of nitrogens with zero attached hydrogens (tertiary/aromatic N) is 4. The maximum Gasteiger partial charge on any atom is 0.387 e. The van der Waals surface area contributed by atoms with Gasteiger partial charge in [0.05, 0.1) is 7.11 Å². The molecule has 8 nitrogen and oxygen atoms in total. The molecule has 0 fully saturated rings. The van der Waals surface area contributed by atoms with Gasteiger partial charge in [-0.3, -0.25) is 0 Å². The third-order valence-corrected chi connectivity index (χ3v) is 2.47. The molecule has 1 heterocycles. The van der Waals surface area contributed by atoms with Gasteiger partial charge in [0, 0.05) is 18.0 Å². The van der Waals surface area contributed by atoms with Crippen LogP contribution in [0.3, 0.4) is 0 Å². The normalized spacial score (nSPS) is 11.1. The van der Waals surface area contributed by atoms with Crippen molar-refractivity contribution in [2.24, 2.45) is 0 Å². The van der Waals surface area contributed by atoms with E-state index in [9.17, 15) is 8.78 Å². The number of nitriles is 1. The molecule has 0 atom stereocenters. The van der Waals surface area contributed by atoms with Gasteiger partial charge in [0.2, 0.25) is 5.82 Å². The minimum Gasteiger partial charge on any atom is -0.493 e. The van der Waals surface area contributed by atoms with Crippen LogP contribution in [0.15, 0.2) is 24.4 Å². The molecule has 0 amide bonds. The van der Waals surface area contributed by atoms with E-state index in [-0.39, 0.29) is 22.9 Å². The Balaban J connectivity index is 2.18. The van der Waals surface area contributed by atoms with Crippen LogP contribution in [0, 0.1) is 11.3 Å². The van der Waals surface area contributed by atoms with Crippen molar-refractivity contribution in [1.29, 1.82) is 5.26 Å². The van der Waals surface area contributed by atoms with Gasteiger partial charge in [-0.1, -0.05) is 0 Å². The number of ether oxygens (including phenoxy) is 2. The number of H-pyrrole nitrogens is 1. The lowest BCUT2D eigenvalue weighted by molar-refractivity contribution is -0.0512. The molecule has 0 aliphatic carbocycles. The number of alkyl halides is 2. The molecule has 114 valence electrons. The number of tetrazole rings is 1. The van der Waals surface area contributed by atoms with Crippen LogP contribution in [0.25, 0.3) is 5.57 Å². The predicted octanol–water partition coefficient (Wildman–Crippen LogP) is 1.79. The molecule has 0 radical (unpaired) electrons. The summed E-state index contributed by atoms with van der Waals surface area (Å²) in [5.74, 6) is 0.155. The van der Waals surface area contributed by atoms with E-state index in [0.29, 0.717) is 5.69 Å². The SMILES string of the molecule is COc1cc(NC=C(C#N)c2nn[nH]n2)ccc1OC(F)F. The second-order valence-electron chi connectivity index (χ2n) is 3.79. The maximum atomic E-state index is 12.2. The molecule has 2 N–H and O–H groups in total. The first-order chi connectivity index (χ1) is 10.6. The van der Waals surface area contributed by atoms with Crippen molar-refractivity contribution in [2.45, 2.75) is 6.61 Å². The maximum absolute atomic E-state index is 12.2. The molecule has 10 heteroatoms. The van der Waals surface area contributed by atoms with E-state index in [1.807, 2.05) is 6.07 Å². The summed E-state index contributed by atoms with van der Waals surface area (Å²) in [6.45, 7) is -2.95. The van der Waals surface area contributed by atoms with E-state index in [1.165, 1.54) is 31.5 Å². The summed E-state index contributed by atoms with van der Waals surface area (Å²) in [5, 5.41) is 24.7. The van der Waals surface area contributed by atoms with Crippen LogP contribution in [0.5, 0.6) is 11.5 Å².